The molecule has 14 heteroatoms. The molecule has 312 valence electrons. The number of hydrogen-bond donors (Lipinski definition) is 2. The molecule has 3 aromatic carbocycles. The first-order valence-electron chi connectivity index (χ1n) is 19.5. The van der Waals surface area contributed by atoms with E-state index in [-0.39, 0.29) is 43.0 Å². The second-order valence-corrected chi connectivity index (χ2v) is 16.4. The lowest BCUT2D eigenvalue weighted by atomic mass is 9.44. The van der Waals surface area contributed by atoms with Crippen LogP contribution in [0.15, 0.2) is 102 Å². The van der Waals surface area contributed by atoms with Crippen molar-refractivity contribution in [2.75, 3.05) is 6.61 Å². The van der Waals surface area contributed by atoms with Gasteiger partial charge in [0, 0.05) is 25.2 Å². The van der Waals surface area contributed by atoms with Gasteiger partial charge in [-0.2, -0.15) is 0 Å². The lowest BCUT2D eigenvalue weighted by molar-refractivity contribution is -0.346. The predicted octanol–water partition coefficient (Wildman–Crippen LogP) is 5.80. The summed E-state index contributed by atoms with van der Waals surface area (Å²) in [5.74, 6) is -4.08. The topological polar surface area (TPSA) is 190 Å². The van der Waals surface area contributed by atoms with Crippen molar-refractivity contribution in [2.24, 2.45) is 16.7 Å². The molecule has 3 fully saturated rings. The fraction of sp³-hybridized carbons (Fsp3) is 0.444. The Labute approximate surface area is 341 Å². The Bertz CT molecular complexity index is 2120. The van der Waals surface area contributed by atoms with Gasteiger partial charge in [-0.1, -0.05) is 92.7 Å². The second-order valence-electron chi connectivity index (χ2n) is 16.4. The zero-order valence-corrected chi connectivity index (χ0v) is 33.5. The maximum atomic E-state index is 15.9. The zero-order chi connectivity index (χ0) is 42.3. The van der Waals surface area contributed by atoms with E-state index >= 15 is 4.79 Å². The zero-order valence-electron chi connectivity index (χ0n) is 33.5. The Kier molecular flexibility index (Phi) is 11.2. The summed E-state index contributed by atoms with van der Waals surface area (Å²) in [6, 6.07) is 25.6. The standard InChI is InChI=1S/C45H48O14/c1-26-31(47)22-45(52)38(58-39(49)30-19-13-8-14-20-30)36-43(5,37(48)35(34(26)42(45,3)4)57-41(51)54-24-29-17-11-7-12-18-29)32(21-33-44(36,25-55-33)59-27(2)46)56-40(50)53-23-28-15-9-6-10-16-28/h6-20,31-33,35-36,38,47,52H,21-25H2,1-5H3/t31-,32-,33+,35+,36?,38-,43+,44-,45+/m0/s1. The van der Waals surface area contributed by atoms with Crippen LogP contribution in [-0.4, -0.2) is 88.6 Å². The molecule has 0 amide bonds. The number of carbonyl (C=O) groups excluding carboxylic acids is 5. The van der Waals surface area contributed by atoms with Crippen molar-refractivity contribution in [3.63, 3.8) is 0 Å². The number of Topliss-reactive ketones (excluding diaryl/α,β-unsaturated/α-hetero) is 1. The highest BCUT2D eigenvalue weighted by Gasteiger charge is 2.79. The second kappa shape index (κ2) is 15.9. The van der Waals surface area contributed by atoms with Crippen LogP contribution in [-0.2, 0) is 56.0 Å². The molecule has 0 spiro atoms. The van der Waals surface area contributed by atoms with Gasteiger partial charge in [-0.25, -0.2) is 14.4 Å². The first kappa shape index (κ1) is 41.6. The number of rotatable bonds is 9. The molecular formula is C45H48O14. The molecule has 14 nitrogen and oxygen atoms in total. The van der Waals surface area contributed by atoms with Crippen molar-refractivity contribution in [1.82, 2.24) is 0 Å². The molecule has 1 unspecified atom stereocenters. The Morgan fingerprint density at radius 3 is 1.86 bits per heavy atom. The van der Waals surface area contributed by atoms with E-state index in [2.05, 4.69) is 0 Å². The van der Waals surface area contributed by atoms with E-state index in [1.807, 2.05) is 0 Å². The van der Waals surface area contributed by atoms with Crippen LogP contribution in [0.4, 0.5) is 9.59 Å². The van der Waals surface area contributed by atoms with E-state index in [1.54, 1.807) is 99.6 Å². The molecule has 2 N–H and O–H groups in total. The number of ether oxygens (including phenoxy) is 7. The van der Waals surface area contributed by atoms with Crippen molar-refractivity contribution in [1.29, 1.82) is 0 Å². The van der Waals surface area contributed by atoms with Gasteiger partial charge in [0.15, 0.2) is 17.5 Å². The normalized spacial score (nSPS) is 31.7. The smallest absolute Gasteiger partial charge is 0.455 e. The fourth-order valence-electron chi connectivity index (χ4n) is 9.60. The van der Waals surface area contributed by atoms with Crippen LogP contribution >= 0.6 is 0 Å². The lowest BCUT2D eigenvalue weighted by Crippen LogP contribution is -2.82. The number of aliphatic hydroxyl groups excluding tert-OH is 1. The molecule has 3 aromatic rings. The maximum Gasteiger partial charge on any atom is 0.509 e. The number of aliphatic hydroxyl groups is 2. The fourth-order valence-corrected chi connectivity index (χ4v) is 9.60. The molecule has 7 rings (SSSR count). The van der Waals surface area contributed by atoms with Crippen LogP contribution in [0.25, 0.3) is 0 Å². The number of benzene rings is 3. The Hall–Kier alpha value is -5.57. The van der Waals surface area contributed by atoms with Gasteiger partial charge in [-0.15, -0.1) is 0 Å². The highest BCUT2D eigenvalue weighted by Crippen LogP contribution is 2.64. The minimum absolute atomic E-state index is 0.0276. The van der Waals surface area contributed by atoms with Gasteiger partial charge >= 0.3 is 24.2 Å². The molecule has 1 aliphatic heterocycles. The van der Waals surface area contributed by atoms with Gasteiger partial charge in [-0.05, 0) is 48.3 Å². The first-order chi connectivity index (χ1) is 28.0. The number of hydrogen-bond acceptors (Lipinski definition) is 14. The van der Waals surface area contributed by atoms with Crippen molar-refractivity contribution >= 4 is 30.0 Å². The summed E-state index contributed by atoms with van der Waals surface area (Å²) in [6.07, 6.45) is -10.6. The molecule has 4 aliphatic rings. The van der Waals surface area contributed by atoms with E-state index in [0.717, 1.165) is 0 Å². The van der Waals surface area contributed by atoms with Crippen LogP contribution in [0.1, 0.15) is 68.9 Å². The van der Waals surface area contributed by atoms with Crippen LogP contribution in [0.3, 0.4) is 0 Å². The van der Waals surface area contributed by atoms with Crippen molar-refractivity contribution in [3.8, 4) is 0 Å². The third-order valence-corrected chi connectivity index (χ3v) is 12.7. The predicted molar refractivity (Wildman–Crippen MR) is 206 cm³/mol. The first-order valence-corrected chi connectivity index (χ1v) is 19.5. The molecule has 1 saturated heterocycles. The third kappa shape index (κ3) is 7.27. The van der Waals surface area contributed by atoms with Gasteiger partial charge in [0.25, 0.3) is 0 Å². The maximum absolute atomic E-state index is 15.9. The Morgan fingerprint density at radius 1 is 0.797 bits per heavy atom. The lowest BCUT2D eigenvalue weighted by Gasteiger charge is -2.67. The molecule has 0 aromatic heterocycles. The van der Waals surface area contributed by atoms with Crippen molar-refractivity contribution in [3.05, 3.63) is 119 Å². The number of esters is 2. The molecule has 2 bridgehead atoms. The summed E-state index contributed by atoms with van der Waals surface area (Å²) in [5, 5.41) is 25.2. The van der Waals surface area contributed by atoms with Crippen molar-refractivity contribution < 1.29 is 67.3 Å². The van der Waals surface area contributed by atoms with Crippen LogP contribution in [0.5, 0.6) is 0 Å². The number of carbonyl (C=O) groups is 5. The van der Waals surface area contributed by atoms with E-state index < -0.39 is 94.9 Å². The third-order valence-electron chi connectivity index (χ3n) is 12.7. The van der Waals surface area contributed by atoms with Gasteiger partial charge in [0.1, 0.15) is 37.1 Å². The highest BCUT2D eigenvalue weighted by molar-refractivity contribution is 5.95. The van der Waals surface area contributed by atoms with Gasteiger partial charge < -0.3 is 43.4 Å². The summed E-state index contributed by atoms with van der Waals surface area (Å²) in [6.45, 7) is 6.66. The summed E-state index contributed by atoms with van der Waals surface area (Å²) >= 11 is 0. The molecule has 0 radical (unpaired) electrons. The number of fused-ring (bicyclic) bond motifs is 5. The molecule has 1 heterocycles. The van der Waals surface area contributed by atoms with E-state index in [1.165, 1.54) is 26.0 Å². The average molecular weight is 813 g/mol. The largest absolute Gasteiger partial charge is 0.509 e. The summed E-state index contributed by atoms with van der Waals surface area (Å²) in [4.78, 5) is 70.6. The monoisotopic (exact) mass is 812 g/mol. The van der Waals surface area contributed by atoms with Gasteiger partial charge in [0.2, 0.25) is 0 Å². The summed E-state index contributed by atoms with van der Waals surface area (Å²) in [7, 11) is 0. The Morgan fingerprint density at radius 2 is 1.34 bits per heavy atom. The minimum atomic E-state index is -2.28. The van der Waals surface area contributed by atoms with E-state index in [9.17, 15) is 29.4 Å². The van der Waals surface area contributed by atoms with E-state index in [4.69, 9.17) is 33.2 Å². The summed E-state index contributed by atoms with van der Waals surface area (Å²) < 4.78 is 41.6. The van der Waals surface area contributed by atoms with Crippen LogP contribution in [0.2, 0.25) is 0 Å². The van der Waals surface area contributed by atoms with Gasteiger partial charge in [-0.3, -0.25) is 9.59 Å². The number of ketones is 1. The van der Waals surface area contributed by atoms with Crippen LogP contribution in [0, 0.1) is 16.7 Å². The quantitative estimate of drug-likeness (QED) is 0.150. The van der Waals surface area contributed by atoms with Crippen molar-refractivity contribution in [2.45, 2.75) is 102 Å². The van der Waals surface area contributed by atoms with E-state index in [0.29, 0.717) is 11.1 Å². The van der Waals surface area contributed by atoms with Gasteiger partial charge in [0.05, 0.1) is 29.6 Å². The molecular weight excluding hydrogens is 764 g/mol. The molecule has 59 heavy (non-hydrogen) atoms. The highest BCUT2D eigenvalue weighted by atomic mass is 16.7. The average Bonchev–Trinajstić information content (AvgIpc) is 3.21. The molecule has 2 saturated carbocycles. The molecule has 3 aliphatic carbocycles. The summed E-state index contributed by atoms with van der Waals surface area (Å²) in [5.41, 5.74) is -6.12. The molecule has 9 atom stereocenters. The SMILES string of the molecule is CC(=O)O[C@@]12CO[C@@H]1C[C@H](OC(=O)OCc1ccccc1)[C@@]1(C)C(=O)[C@H](OC(=O)OCc3ccccc3)C3=C(C)[C@@H](O)C[C@@](O)([C@@H](OC(=O)c4ccccc4)C12)C3(C)C. The van der Waals surface area contributed by atoms with Crippen LogP contribution < -0.4 is 0 Å². The minimum Gasteiger partial charge on any atom is -0.455 e. The Balaban J connectivity index is 1.40.